The maximum absolute atomic E-state index is 16.5. The van der Waals surface area contributed by atoms with Crippen molar-refractivity contribution in [3.63, 3.8) is 0 Å². The molecule has 8 saturated carbocycles. The van der Waals surface area contributed by atoms with Crippen LogP contribution in [0.25, 0.3) is 0 Å². The molecule has 376 valence electrons. The molecule has 0 radical (unpaired) electrons. The van der Waals surface area contributed by atoms with Crippen molar-refractivity contribution in [1.29, 1.82) is 10.5 Å². The summed E-state index contributed by atoms with van der Waals surface area (Å²) in [5, 5.41) is 47.2. The first-order valence-corrected chi connectivity index (χ1v) is 26.8. The fourth-order valence-corrected chi connectivity index (χ4v) is 17.0. The number of ketones is 2. The van der Waals surface area contributed by atoms with Crippen LogP contribution in [0.3, 0.4) is 0 Å². The summed E-state index contributed by atoms with van der Waals surface area (Å²) in [5.41, 5.74) is -3.88. The van der Waals surface area contributed by atoms with E-state index in [1.165, 1.54) is 24.3 Å². The van der Waals surface area contributed by atoms with Crippen LogP contribution in [0.5, 0.6) is 11.5 Å². The molecule has 8 aliphatic rings. The van der Waals surface area contributed by atoms with Gasteiger partial charge in [0.2, 0.25) is 0 Å². The van der Waals surface area contributed by atoms with Gasteiger partial charge in [0.15, 0.2) is 5.78 Å². The van der Waals surface area contributed by atoms with E-state index in [1.807, 2.05) is 13.8 Å². The number of carbonyl (C=O) groups excluding carboxylic acids is 2. The van der Waals surface area contributed by atoms with Gasteiger partial charge >= 0.3 is 0 Å². The zero-order chi connectivity index (χ0) is 49.9. The monoisotopic (exact) mass is 1020 g/mol. The molecule has 0 unspecified atom stereocenters. The number of rotatable bonds is 6. The number of hydrogen-bond acceptors (Lipinski definition) is 8. The third-order valence-electron chi connectivity index (χ3n) is 20.1. The molecule has 0 aromatic heterocycles. The van der Waals surface area contributed by atoms with Crippen LogP contribution >= 0.6 is 15.9 Å². The number of benzene rings is 2. The maximum Gasteiger partial charge on any atom is 0.173 e. The van der Waals surface area contributed by atoms with E-state index in [-0.39, 0.29) is 81.4 Å². The van der Waals surface area contributed by atoms with Crippen LogP contribution < -0.4 is 4.74 Å². The molecule has 3 N–H and O–H groups in total. The second-order valence-corrected chi connectivity index (χ2v) is 24.4. The molecule has 69 heavy (non-hydrogen) atoms. The molecule has 16 atom stereocenters. The molecular weight excluding hydrogens is 953 g/mol. The molecule has 0 bridgehead atoms. The Kier molecular flexibility index (Phi) is 14.6. The number of aliphatic hydroxyl groups is 2. The quantitative estimate of drug-likeness (QED) is 0.191. The Bertz CT molecular complexity index is 2350. The summed E-state index contributed by atoms with van der Waals surface area (Å²) in [6, 6.07) is 10.8. The van der Waals surface area contributed by atoms with Crippen molar-refractivity contribution in [2.24, 2.45) is 70.0 Å². The van der Waals surface area contributed by atoms with Gasteiger partial charge in [-0.1, -0.05) is 29.8 Å². The van der Waals surface area contributed by atoms with Crippen molar-refractivity contribution in [3.8, 4) is 23.6 Å². The van der Waals surface area contributed by atoms with Crippen LogP contribution in [0.15, 0.2) is 36.4 Å². The number of alkyl halides is 3. The molecule has 2 aromatic rings. The number of nitrogens with zero attached hydrogens (tertiary/aromatic N) is 2. The molecule has 8 fully saturated rings. The van der Waals surface area contributed by atoms with E-state index in [1.54, 1.807) is 12.1 Å². The van der Waals surface area contributed by atoms with Crippen LogP contribution in [0, 0.1) is 104 Å². The van der Waals surface area contributed by atoms with Gasteiger partial charge in [0.05, 0.1) is 27.7 Å². The number of phenolic OH excluding ortho intramolecular Hbond substituents is 1. The van der Waals surface area contributed by atoms with E-state index in [4.69, 9.17) is 20.4 Å². The summed E-state index contributed by atoms with van der Waals surface area (Å²) >= 11 is 3.37. The number of ether oxygens (including phenoxy) is 1. The lowest BCUT2D eigenvalue weighted by molar-refractivity contribution is -0.166. The minimum absolute atomic E-state index is 0.0308. The van der Waals surface area contributed by atoms with Gasteiger partial charge in [-0.05, 0) is 212 Å². The van der Waals surface area contributed by atoms with Crippen molar-refractivity contribution in [3.05, 3.63) is 59.2 Å². The van der Waals surface area contributed by atoms with Crippen molar-refractivity contribution in [2.45, 2.75) is 166 Å². The van der Waals surface area contributed by atoms with Gasteiger partial charge in [0, 0.05) is 24.0 Å². The van der Waals surface area contributed by atoms with Crippen LogP contribution in [-0.2, 0) is 9.59 Å². The van der Waals surface area contributed by atoms with Crippen molar-refractivity contribution >= 4 is 27.5 Å². The third kappa shape index (κ3) is 9.65. The van der Waals surface area contributed by atoms with E-state index in [2.05, 4.69) is 29.8 Å². The summed E-state index contributed by atoms with van der Waals surface area (Å²) in [6.07, 6.45) is 14.5. The normalized spacial score (nSPS) is 42.6. The van der Waals surface area contributed by atoms with Crippen LogP contribution in [0.1, 0.15) is 154 Å². The maximum atomic E-state index is 16.5. The zero-order valence-electron chi connectivity index (χ0n) is 40.7. The highest BCUT2D eigenvalue weighted by Crippen LogP contribution is 2.68. The van der Waals surface area contributed by atoms with E-state index < -0.39 is 34.2 Å². The molecule has 0 heterocycles. The number of Topliss-reactive ketones (excluding diaryl/α,β-unsaturated/α-hetero) is 2. The lowest BCUT2D eigenvalue weighted by Crippen LogP contribution is -2.58. The third-order valence-corrected chi connectivity index (χ3v) is 20.6. The molecule has 13 heteroatoms. The van der Waals surface area contributed by atoms with Gasteiger partial charge in [-0.15, -0.1) is 0 Å². The fraction of sp³-hybridized carbons (Fsp3) is 0.714. The summed E-state index contributed by atoms with van der Waals surface area (Å²) in [6.45, 7) is 8.14. The van der Waals surface area contributed by atoms with E-state index in [9.17, 15) is 28.6 Å². The largest absolute Gasteiger partial charge is 0.508 e. The van der Waals surface area contributed by atoms with E-state index in [0.29, 0.717) is 73.3 Å². The highest BCUT2D eigenvalue weighted by molar-refractivity contribution is 9.09. The predicted molar refractivity (Wildman–Crippen MR) is 256 cm³/mol. The first-order chi connectivity index (χ1) is 32.5. The number of aromatic hydroxyl groups is 1. The Morgan fingerprint density at radius 1 is 0.638 bits per heavy atom. The second kappa shape index (κ2) is 19.5. The standard InChI is InChI=1S/C28H35F2NO3.C21H32BrFO2.C7H4FNO/c1-26(33)11-12-28(30)18(14-26)4-6-20-21-7-8-23(27(21,2)10-9-22(20)28)25(32)16-34-19-5-3-17(15-31)24(29)13-19;1-19(25)9-10-21(23)13(11-19)3-4-14-15-5-6-17(18(24)12-22)20(15,2)8-7-16(14)21;8-7-3-6(10)2-1-5(7)4-9/h3,5,13,18,20-23,33H,4,6-12,14,16H2,1-2H3;13-17,25H,3-12H2,1-2H3;1-3,10H/t18-,20+,21+,22+,23-,26-,27+,28-;13-,14+,15+,16+,17-,19-,20+,21-;/m11./s1. The van der Waals surface area contributed by atoms with Gasteiger partial charge < -0.3 is 20.1 Å². The van der Waals surface area contributed by atoms with Crippen LogP contribution in [-0.4, -0.2) is 61.4 Å². The van der Waals surface area contributed by atoms with Gasteiger partial charge in [-0.3, -0.25) is 9.59 Å². The topological polar surface area (TPSA) is 152 Å². The molecule has 8 aliphatic carbocycles. The minimum Gasteiger partial charge on any atom is -0.508 e. The molecule has 0 amide bonds. The molecule has 10 rings (SSSR count). The summed E-state index contributed by atoms with van der Waals surface area (Å²) in [4.78, 5) is 25.7. The van der Waals surface area contributed by atoms with Gasteiger partial charge in [0.25, 0.3) is 0 Å². The highest BCUT2D eigenvalue weighted by atomic mass is 79.9. The first-order valence-electron chi connectivity index (χ1n) is 25.7. The number of hydrogen-bond donors (Lipinski definition) is 3. The Labute approximate surface area is 414 Å². The van der Waals surface area contributed by atoms with Gasteiger partial charge in [-0.2, -0.15) is 10.5 Å². The molecule has 0 aliphatic heterocycles. The molecule has 8 nitrogen and oxygen atoms in total. The highest BCUT2D eigenvalue weighted by Gasteiger charge is 2.65. The number of nitriles is 2. The van der Waals surface area contributed by atoms with Crippen molar-refractivity contribution in [2.75, 3.05) is 11.9 Å². The Morgan fingerprint density at radius 3 is 1.55 bits per heavy atom. The van der Waals surface area contributed by atoms with E-state index >= 15 is 8.78 Å². The number of fused-ring (bicyclic) bond motifs is 10. The summed E-state index contributed by atoms with van der Waals surface area (Å²) in [7, 11) is 0. The minimum atomic E-state index is -1.18. The van der Waals surface area contributed by atoms with Crippen LogP contribution in [0.4, 0.5) is 17.6 Å². The average molecular weight is 1020 g/mol. The van der Waals surface area contributed by atoms with Gasteiger partial charge in [-0.25, -0.2) is 17.6 Å². The average Bonchev–Trinajstić information content (AvgIpc) is 3.86. The predicted octanol–water partition coefficient (Wildman–Crippen LogP) is 12.2. The Balaban J connectivity index is 0.000000160. The zero-order valence-corrected chi connectivity index (χ0v) is 42.3. The lowest BCUT2D eigenvalue weighted by atomic mass is 9.48. The molecule has 2 aromatic carbocycles. The van der Waals surface area contributed by atoms with E-state index in [0.717, 1.165) is 89.2 Å². The van der Waals surface area contributed by atoms with Crippen LogP contribution in [0.2, 0.25) is 0 Å². The van der Waals surface area contributed by atoms with Crippen molar-refractivity contribution in [1.82, 2.24) is 0 Å². The number of phenols is 1. The smallest absolute Gasteiger partial charge is 0.173 e. The van der Waals surface area contributed by atoms with Crippen molar-refractivity contribution < 1.29 is 47.2 Å². The molecule has 0 saturated heterocycles. The second-order valence-electron chi connectivity index (χ2n) is 23.8. The lowest BCUT2D eigenvalue weighted by Gasteiger charge is -2.59. The number of halogens is 5. The fourth-order valence-electron chi connectivity index (χ4n) is 16.6. The Hall–Kier alpha value is -3.52. The summed E-state index contributed by atoms with van der Waals surface area (Å²) in [5.74, 6) is 0.906. The SMILES string of the molecule is C[C@@]1(O)CC[C@@]2(F)[C@H](CC[C@H]3[C@@H]4CC[C@H](C(=O)CBr)[C@@]4(C)CC[C@@H]32)C1.C[C@@]1(O)CC[C@@]2(F)[C@H](CC[C@H]3[C@@H]4CC[C@H](C(=O)COc5ccc(C#N)c(F)c5)[C@@]4(C)CC[C@@H]32)C1.N#Cc1ccc(O)cc1F. The first kappa shape index (κ1) is 51.8. The Morgan fingerprint density at radius 2 is 1.10 bits per heavy atom. The van der Waals surface area contributed by atoms with Gasteiger partial charge in [0.1, 0.15) is 59.0 Å². The summed E-state index contributed by atoms with van der Waals surface area (Å²) < 4.78 is 64.7. The molecular formula is C56H71BrF4N2O6. The number of carbonyl (C=O) groups is 2. The molecule has 0 spiro atoms.